The molecule has 0 aromatic heterocycles. The molecular formula is C10H7ClF2O. The van der Waals surface area contributed by atoms with Crippen LogP contribution < -0.4 is 0 Å². The summed E-state index contributed by atoms with van der Waals surface area (Å²) in [5.41, 5.74) is 0.215. The van der Waals surface area contributed by atoms with Crippen LogP contribution in [0.3, 0.4) is 0 Å². The fourth-order valence-electron chi connectivity index (χ4n) is 1.54. The van der Waals surface area contributed by atoms with Crippen LogP contribution in [-0.4, -0.2) is 5.78 Å². The van der Waals surface area contributed by atoms with Gasteiger partial charge < -0.3 is 0 Å². The lowest BCUT2D eigenvalue weighted by molar-refractivity contribution is -0.125. The molecule has 0 aliphatic heterocycles. The molecule has 1 aromatic rings. The molecule has 1 nitrogen and oxygen atoms in total. The van der Waals surface area contributed by atoms with E-state index >= 15 is 0 Å². The van der Waals surface area contributed by atoms with Gasteiger partial charge in [0.05, 0.1) is 5.02 Å². The van der Waals surface area contributed by atoms with Crippen LogP contribution in [-0.2, 0) is 4.79 Å². The zero-order chi connectivity index (χ0) is 10.3. The average molecular weight is 217 g/mol. The van der Waals surface area contributed by atoms with E-state index < -0.39 is 17.6 Å². The van der Waals surface area contributed by atoms with E-state index in [2.05, 4.69) is 0 Å². The number of ketones is 1. The van der Waals surface area contributed by atoms with Gasteiger partial charge in [0.15, 0.2) is 0 Å². The molecule has 0 heterocycles. The Kier molecular flexibility index (Phi) is 2.27. The molecule has 0 radical (unpaired) electrons. The second kappa shape index (κ2) is 3.31. The smallest absolute Gasteiger partial charge is 0.144 e. The summed E-state index contributed by atoms with van der Waals surface area (Å²) in [6, 6.07) is 1.93. The minimum absolute atomic E-state index is 0.00780. The highest BCUT2D eigenvalue weighted by atomic mass is 35.5. The van der Waals surface area contributed by atoms with Crippen molar-refractivity contribution in [3.8, 4) is 0 Å². The summed E-state index contributed by atoms with van der Waals surface area (Å²) in [4.78, 5) is 11.1. The number of carbonyl (C=O) groups is 1. The normalized spacial score (nSPS) is 20.8. The average Bonchev–Trinajstić information content (AvgIpc) is 2.12. The van der Waals surface area contributed by atoms with Gasteiger partial charge in [-0.15, -0.1) is 0 Å². The SMILES string of the molecule is O=C1CCC1c1cc(Cl)c(F)cc1F. The molecule has 1 fully saturated rings. The number of hydrogen-bond donors (Lipinski definition) is 0. The summed E-state index contributed by atoms with van der Waals surface area (Å²) in [5.74, 6) is -1.91. The monoisotopic (exact) mass is 216 g/mol. The van der Waals surface area contributed by atoms with E-state index in [0.717, 1.165) is 6.07 Å². The van der Waals surface area contributed by atoms with Crippen LogP contribution in [0.5, 0.6) is 0 Å². The van der Waals surface area contributed by atoms with E-state index in [0.29, 0.717) is 12.8 Å². The maximum Gasteiger partial charge on any atom is 0.144 e. The van der Waals surface area contributed by atoms with Crippen molar-refractivity contribution in [1.29, 1.82) is 0 Å². The highest BCUT2D eigenvalue weighted by Crippen LogP contribution is 2.36. The molecule has 1 aliphatic rings. The van der Waals surface area contributed by atoms with Crippen molar-refractivity contribution < 1.29 is 13.6 Å². The lowest BCUT2D eigenvalue weighted by atomic mass is 9.78. The number of rotatable bonds is 1. The Morgan fingerprint density at radius 1 is 1.29 bits per heavy atom. The lowest BCUT2D eigenvalue weighted by Crippen LogP contribution is -2.24. The summed E-state index contributed by atoms with van der Waals surface area (Å²) in [6.45, 7) is 0. The van der Waals surface area contributed by atoms with E-state index in [1.54, 1.807) is 0 Å². The van der Waals surface area contributed by atoms with Crippen molar-refractivity contribution in [3.05, 3.63) is 34.4 Å². The van der Waals surface area contributed by atoms with Gasteiger partial charge in [-0.1, -0.05) is 11.6 Å². The molecule has 0 saturated heterocycles. The number of halogens is 3. The maximum absolute atomic E-state index is 13.2. The van der Waals surface area contributed by atoms with Gasteiger partial charge in [0.25, 0.3) is 0 Å². The van der Waals surface area contributed by atoms with Gasteiger partial charge in [-0.3, -0.25) is 4.79 Å². The van der Waals surface area contributed by atoms with Crippen molar-refractivity contribution in [2.75, 3.05) is 0 Å². The van der Waals surface area contributed by atoms with Crippen molar-refractivity contribution in [3.63, 3.8) is 0 Å². The number of carbonyl (C=O) groups excluding carboxylic acids is 1. The molecule has 1 aromatic carbocycles. The van der Waals surface area contributed by atoms with Gasteiger partial charge in [0, 0.05) is 18.4 Å². The molecule has 74 valence electrons. The molecule has 14 heavy (non-hydrogen) atoms. The summed E-state index contributed by atoms with van der Waals surface area (Å²) in [5, 5.41) is -0.138. The number of Topliss-reactive ketones (excluding diaryl/α,β-unsaturated/α-hetero) is 1. The van der Waals surface area contributed by atoms with E-state index in [1.165, 1.54) is 6.07 Å². The fourth-order valence-corrected chi connectivity index (χ4v) is 1.71. The summed E-state index contributed by atoms with van der Waals surface area (Å²) in [6.07, 6.45) is 1.09. The van der Waals surface area contributed by atoms with E-state index in [-0.39, 0.29) is 16.4 Å². The lowest BCUT2D eigenvalue weighted by Gasteiger charge is -2.24. The Morgan fingerprint density at radius 2 is 2.00 bits per heavy atom. The van der Waals surface area contributed by atoms with Crippen LogP contribution in [0.4, 0.5) is 8.78 Å². The molecular weight excluding hydrogens is 210 g/mol. The molecule has 1 atom stereocenters. The van der Waals surface area contributed by atoms with Crippen LogP contribution >= 0.6 is 11.6 Å². The molecule has 0 spiro atoms. The summed E-state index contributed by atoms with van der Waals surface area (Å²) < 4.78 is 26.0. The Hall–Kier alpha value is -0.960. The first-order valence-corrected chi connectivity index (χ1v) is 4.64. The molecule has 2 rings (SSSR count). The van der Waals surface area contributed by atoms with Gasteiger partial charge in [-0.25, -0.2) is 8.78 Å². The minimum atomic E-state index is -0.792. The standard InChI is InChI=1S/C10H7ClF2O/c11-7-3-6(5-1-2-10(5)14)8(12)4-9(7)13/h3-5H,1-2H2. The molecule has 1 unspecified atom stereocenters. The predicted octanol–water partition coefficient (Wildman–Crippen LogP) is 3.06. The van der Waals surface area contributed by atoms with Crippen molar-refractivity contribution >= 4 is 17.4 Å². The van der Waals surface area contributed by atoms with Crippen molar-refractivity contribution in [2.24, 2.45) is 0 Å². The van der Waals surface area contributed by atoms with Gasteiger partial charge in [-0.2, -0.15) is 0 Å². The molecule has 0 N–H and O–H groups in total. The predicted molar refractivity (Wildman–Crippen MR) is 48.4 cm³/mol. The highest BCUT2D eigenvalue weighted by Gasteiger charge is 2.32. The third-order valence-corrected chi connectivity index (χ3v) is 2.77. The molecule has 1 aliphatic carbocycles. The minimum Gasteiger partial charge on any atom is -0.299 e. The maximum atomic E-state index is 13.2. The first-order chi connectivity index (χ1) is 6.59. The van der Waals surface area contributed by atoms with E-state index in [1.807, 2.05) is 0 Å². The number of benzene rings is 1. The first kappa shape index (κ1) is 9.59. The second-order valence-corrected chi connectivity index (χ2v) is 3.75. The Labute approximate surface area is 84.7 Å². The highest BCUT2D eigenvalue weighted by molar-refractivity contribution is 6.30. The molecule has 1 saturated carbocycles. The molecule has 4 heteroatoms. The van der Waals surface area contributed by atoms with Gasteiger partial charge >= 0.3 is 0 Å². The van der Waals surface area contributed by atoms with Gasteiger partial charge in [-0.05, 0) is 18.1 Å². The Bertz CT molecular complexity index is 403. The topological polar surface area (TPSA) is 17.1 Å². The Morgan fingerprint density at radius 3 is 2.50 bits per heavy atom. The first-order valence-electron chi connectivity index (χ1n) is 4.26. The van der Waals surface area contributed by atoms with E-state index in [9.17, 15) is 13.6 Å². The quantitative estimate of drug-likeness (QED) is 0.660. The van der Waals surface area contributed by atoms with Crippen LogP contribution in [0.2, 0.25) is 5.02 Å². The van der Waals surface area contributed by atoms with E-state index in [4.69, 9.17) is 11.6 Å². The van der Waals surface area contributed by atoms with Crippen molar-refractivity contribution in [2.45, 2.75) is 18.8 Å². The Balaban J connectivity index is 2.43. The van der Waals surface area contributed by atoms with Crippen LogP contribution in [0.15, 0.2) is 12.1 Å². The van der Waals surface area contributed by atoms with Gasteiger partial charge in [0.2, 0.25) is 0 Å². The largest absolute Gasteiger partial charge is 0.299 e. The zero-order valence-electron chi connectivity index (χ0n) is 7.19. The zero-order valence-corrected chi connectivity index (χ0v) is 7.94. The third-order valence-electron chi connectivity index (χ3n) is 2.48. The second-order valence-electron chi connectivity index (χ2n) is 3.35. The van der Waals surface area contributed by atoms with Crippen LogP contribution in [0.25, 0.3) is 0 Å². The molecule has 0 bridgehead atoms. The van der Waals surface area contributed by atoms with Crippen LogP contribution in [0, 0.1) is 11.6 Å². The van der Waals surface area contributed by atoms with Crippen LogP contribution in [0.1, 0.15) is 24.3 Å². The van der Waals surface area contributed by atoms with Crippen molar-refractivity contribution in [1.82, 2.24) is 0 Å². The molecule has 0 amide bonds. The number of hydrogen-bond acceptors (Lipinski definition) is 1. The summed E-state index contributed by atoms with van der Waals surface area (Å²) in [7, 11) is 0. The third kappa shape index (κ3) is 1.42. The fraction of sp³-hybridized carbons (Fsp3) is 0.300. The van der Waals surface area contributed by atoms with Gasteiger partial charge in [0.1, 0.15) is 17.4 Å². The summed E-state index contributed by atoms with van der Waals surface area (Å²) >= 11 is 5.51.